The highest BCUT2D eigenvalue weighted by Crippen LogP contribution is 2.26. The summed E-state index contributed by atoms with van der Waals surface area (Å²) in [5, 5.41) is 5.68. The topological polar surface area (TPSA) is 61.4 Å². The van der Waals surface area contributed by atoms with Crippen LogP contribution in [0.4, 0.5) is 16.2 Å². The zero-order valence-corrected chi connectivity index (χ0v) is 15.9. The first-order valence-corrected chi connectivity index (χ1v) is 9.64. The number of hydrogen-bond acceptors (Lipinski definition) is 3. The molecule has 3 rings (SSSR count). The lowest BCUT2D eigenvalue weighted by Gasteiger charge is -2.18. The van der Waals surface area contributed by atoms with Gasteiger partial charge in [0, 0.05) is 29.9 Å². The van der Waals surface area contributed by atoms with Gasteiger partial charge in [-0.1, -0.05) is 17.7 Å². The van der Waals surface area contributed by atoms with E-state index in [9.17, 15) is 9.59 Å². The average Bonchev–Trinajstić information content (AvgIpc) is 2.99. The number of aryl methyl sites for hydroxylation is 1. The minimum Gasteiger partial charge on any atom is -0.328 e. The van der Waals surface area contributed by atoms with Crippen molar-refractivity contribution in [2.45, 2.75) is 24.7 Å². The summed E-state index contributed by atoms with van der Waals surface area (Å²) >= 11 is 1.80. The molecule has 0 bridgehead atoms. The second-order valence-electron chi connectivity index (χ2n) is 6.46. The molecular formula is C20H23N3O2S. The van der Waals surface area contributed by atoms with Crippen LogP contribution in [0.15, 0.2) is 47.4 Å². The second kappa shape index (κ2) is 8.27. The molecule has 1 aliphatic rings. The molecule has 1 heterocycles. The quantitative estimate of drug-likeness (QED) is 0.594. The Hall–Kier alpha value is -2.47. The lowest BCUT2D eigenvalue weighted by atomic mass is 10.1. The van der Waals surface area contributed by atoms with Crippen molar-refractivity contribution in [3.8, 4) is 0 Å². The Morgan fingerprint density at radius 1 is 1.23 bits per heavy atom. The number of urea groups is 1. The molecule has 2 N–H and O–H groups in total. The fourth-order valence-corrected chi connectivity index (χ4v) is 3.59. The Morgan fingerprint density at radius 2 is 2.00 bits per heavy atom. The second-order valence-corrected chi connectivity index (χ2v) is 7.63. The summed E-state index contributed by atoms with van der Waals surface area (Å²) in [5.41, 5.74) is 3.73. The molecule has 0 radical (unpaired) electrons. The van der Waals surface area contributed by atoms with E-state index < -0.39 is 0 Å². The van der Waals surface area contributed by atoms with E-state index in [0.717, 1.165) is 23.4 Å². The zero-order valence-electron chi connectivity index (χ0n) is 15.0. The molecule has 2 aromatic carbocycles. The minimum atomic E-state index is -0.137. The minimum absolute atomic E-state index is 0.00771. The first-order chi connectivity index (χ1) is 12.5. The molecular weight excluding hydrogens is 346 g/mol. The normalized spacial score (nSPS) is 12.5. The van der Waals surface area contributed by atoms with Crippen LogP contribution in [0.3, 0.4) is 0 Å². The molecule has 3 amide bonds. The number of amides is 3. The van der Waals surface area contributed by atoms with Gasteiger partial charge in [0.1, 0.15) is 0 Å². The zero-order chi connectivity index (χ0) is 18.5. The molecule has 2 aromatic rings. The number of carbonyl (C=O) groups is 2. The van der Waals surface area contributed by atoms with Gasteiger partial charge in [0.25, 0.3) is 0 Å². The van der Waals surface area contributed by atoms with Crippen LogP contribution in [-0.4, -0.2) is 36.2 Å². The monoisotopic (exact) mass is 369 g/mol. The van der Waals surface area contributed by atoms with Gasteiger partial charge < -0.3 is 15.5 Å². The maximum atomic E-state index is 12.3. The van der Waals surface area contributed by atoms with Crippen molar-refractivity contribution in [3.05, 3.63) is 53.6 Å². The summed E-state index contributed by atoms with van der Waals surface area (Å²) in [4.78, 5) is 26.6. The molecule has 26 heavy (non-hydrogen) atoms. The van der Waals surface area contributed by atoms with Crippen molar-refractivity contribution in [1.29, 1.82) is 0 Å². The molecule has 136 valence electrons. The molecule has 0 unspecified atom stereocenters. The molecule has 0 spiro atoms. The number of carbonyl (C=O) groups excluding carboxylic acids is 2. The molecule has 0 saturated carbocycles. The fourth-order valence-electron chi connectivity index (χ4n) is 2.75. The SMILES string of the molecule is Cc1ccc(SCCCN(C)C(=O)Nc2ccc3c(c2)CC(=O)N3)cc1. The van der Waals surface area contributed by atoms with Crippen LogP contribution in [0.1, 0.15) is 17.5 Å². The smallest absolute Gasteiger partial charge is 0.321 e. The van der Waals surface area contributed by atoms with Gasteiger partial charge >= 0.3 is 6.03 Å². The van der Waals surface area contributed by atoms with Gasteiger partial charge in [-0.2, -0.15) is 0 Å². The van der Waals surface area contributed by atoms with Crippen LogP contribution in [0.25, 0.3) is 0 Å². The van der Waals surface area contributed by atoms with Gasteiger partial charge in [-0.3, -0.25) is 4.79 Å². The third-order valence-electron chi connectivity index (χ3n) is 4.26. The highest BCUT2D eigenvalue weighted by Gasteiger charge is 2.18. The van der Waals surface area contributed by atoms with Crippen molar-refractivity contribution < 1.29 is 9.59 Å². The number of anilines is 2. The predicted molar refractivity (Wildman–Crippen MR) is 107 cm³/mol. The number of benzene rings is 2. The van der Waals surface area contributed by atoms with Crippen LogP contribution in [0.5, 0.6) is 0 Å². The van der Waals surface area contributed by atoms with Crippen molar-refractivity contribution in [1.82, 2.24) is 4.90 Å². The Kier molecular flexibility index (Phi) is 5.83. The van der Waals surface area contributed by atoms with Crippen molar-refractivity contribution >= 4 is 35.1 Å². The van der Waals surface area contributed by atoms with Crippen LogP contribution < -0.4 is 10.6 Å². The van der Waals surface area contributed by atoms with E-state index in [1.807, 2.05) is 18.2 Å². The lowest BCUT2D eigenvalue weighted by Crippen LogP contribution is -2.32. The number of nitrogens with one attached hydrogen (secondary N) is 2. The van der Waals surface area contributed by atoms with E-state index in [1.54, 1.807) is 23.7 Å². The van der Waals surface area contributed by atoms with Crippen LogP contribution in [-0.2, 0) is 11.2 Å². The van der Waals surface area contributed by atoms with Gasteiger partial charge in [0.05, 0.1) is 6.42 Å². The first kappa shape index (κ1) is 18.3. The molecule has 0 saturated heterocycles. The molecule has 0 aromatic heterocycles. The fraction of sp³-hybridized carbons (Fsp3) is 0.300. The first-order valence-electron chi connectivity index (χ1n) is 8.65. The van der Waals surface area contributed by atoms with Gasteiger partial charge in [-0.15, -0.1) is 11.8 Å². The van der Waals surface area contributed by atoms with Gasteiger partial charge in [0.2, 0.25) is 5.91 Å². The maximum Gasteiger partial charge on any atom is 0.321 e. The molecule has 0 fully saturated rings. The van der Waals surface area contributed by atoms with Gasteiger partial charge in [0.15, 0.2) is 0 Å². The largest absolute Gasteiger partial charge is 0.328 e. The summed E-state index contributed by atoms with van der Waals surface area (Å²) in [6.45, 7) is 2.77. The lowest BCUT2D eigenvalue weighted by molar-refractivity contribution is -0.115. The molecule has 0 atom stereocenters. The van der Waals surface area contributed by atoms with Gasteiger partial charge in [-0.25, -0.2) is 4.79 Å². The van der Waals surface area contributed by atoms with E-state index in [0.29, 0.717) is 18.7 Å². The van der Waals surface area contributed by atoms with E-state index in [2.05, 4.69) is 41.8 Å². The Morgan fingerprint density at radius 3 is 2.77 bits per heavy atom. The molecule has 6 heteroatoms. The number of hydrogen-bond donors (Lipinski definition) is 2. The maximum absolute atomic E-state index is 12.3. The number of fused-ring (bicyclic) bond motifs is 1. The third kappa shape index (κ3) is 4.79. The molecule has 0 aliphatic carbocycles. The highest BCUT2D eigenvalue weighted by atomic mass is 32.2. The van der Waals surface area contributed by atoms with Crippen LogP contribution in [0, 0.1) is 6.92 Å². The van der Waals surface area contributed by atoms with E-state index >= 15 is 0 Å². The average molecular weight is 369 g/mol. The van der Waals surface area contributed by atoms with E-state index in [1.165, 1.54) is 10.5 Å². The molecule has 1 aliphatic heterocycles. The summed E-state index contributed by atoms with van der Waals surface area (Å²) in [6, 6.07) is 13.8. The standard InChI is InChI=1S/C20H23N3O2S/c1-14-4-7-17(8-5-14)26-11-3-10-23(2)20(25)21-16-6-9-18-15(12-16)13-19(24)22-18/h4-9,12H,3,10-11,13H2,1-2H3,(H,21,25)(H,22,24). The Labute approximate surface area is 158 Å². The number of rotatable bonds is 6. The van der Waals surface area contributed by atoms with Crippen LogP contribution >= 0.6 is 11.8 Å². The molecule has 5 nitrogen and oxygen atoms in total. The summed E-state index contributed by atoms with van der Waals surface area (Å²) in [7, 11) is 1.80. The third-order valence-corrected chi connectivity index (χ3v) is 5.35. The van der Waals surface area contributed by atoms with E-state index in [4.69, 9.17) is 0 Å². The summed E-state index contributed by atoms with van der Waals surface area (Å²) < 4.78 is 0. The number of nitrogens with zero attached hydrogens (tertiary/aromatic N) is 1. The number of thioether (sulfide) groups is 1. The summed E-state index contributed by atoms with van der Waals surface area (Å²) in [5.74, 6) is 0.958. The summed E-state index contributed by atoms with van der Waals surface area (Å²) in [6.07, 6.45) is 1.29. The predicted octanol–water partition coefficient (Wildman–Crippen LogP) is 4.14. The van der Waals surface area contributed by atoms with Crippen molar-refractivity contribution in [2.24, 2.45) is 0 Å². The van der Waals surface area contributed by atoms with Crippen LogP contribution in [0.2, 0.25) is 0 Å². The highest BCUT2D eigenvalue weighted by molar-refractivity contribution is 7.99. The Balaban J connectivity index is 1.42. The van der Waals surface area contributed by atoms with Crippen molar-refractivity contribution in [3.63, 3.8) is 0 Å². The van der Waals surface area contributed by atoms with E-state index in [-0.39, 0.29) is 11.9 Å². The van der Waals surface area contributed by atoms with Crippen molar-refractivity contribution in [2.75, 3.05) is 30.0 Å². The Bertz CT molecular complexity index is 805. The van der Waals surface area contributed by atoms with Gasteiger partial charge in [-0.05, 0) is 55.0 Å².